The molecule has 1 N–H and O–H groups in total. The first-order chi connectivity index (χ1) is 16.5. The number of benzene rings is 3. The lowest BCUT2D eigenvalue weighted by molar-refractivity contribution is -0.120. The number of hydrogen-bond acceptors (Lipinski definition) is 4. The lowest BCUT2D eigenvalue weighted by Crippen LogP contribution is -2.32. The van der Waals surface area contributed by atoms with Gasteiger partial charge in [-0.05, 0) is 72.4 Å². The van der Waals surface area contributed by atoms with Crippen molar-refractivity contribution >= 4 is 28.8 Å². The van der Waals surface area contributed by atoms with Crippen molar-refractivity contribution in [2.24, 2.45) is 0 Å². The summed E-state index contributed by atoms with van der Waals surface area (Å²) in [7, 11) is 0. The van der Waals surface area contributed by atoms with Crippen LogP contribution in [0.5, 0.6) is 5.75 Å². The van der Waals surface area contributed by atoms with Crippen LogP contribution in [0.15, 0.2) is 78.5 Å². The van der Waals surface area contributed by atoms with Crippen LogP contribution in [0, 0.1) is 0 Å². The molecule has 0 unspecified atom stereocenters. The fourth-order valence-corrected chi connectivity index (χ4v) is 3.93. The van der Waals surface area contributed by atoms with Crippen LogP contribution in [0.2, 0.25) is 0 Å². The van der Waals surface area contributed by atoms with Crippen molar-refractivity contribution in [2.75, 3.05) is 16.8 Å². The molecule has 0 aliphatic carbocycles. The standard InChI is InChI=1S/C29H30N2O3/c1-4-19-34-25-17-11-22(12-18-25)26-27(30-23-13-7-20(5-2)8-14-23)29(33)31(28(26)32)24-15-9-21(6-3)10-16-24/h7-18,30H,4-6,19H2,1-3H3. The van der Waals surface area contributed by atoms with Gasteiger partial charge in [0.25, 0.3) is 11.8 Å². The number of rotatable bonds is 9. The minimum Gasteiger partial charge on any atom is -0.494 e. The van der Waals surface area contributed by atoms with Crippen molar-refractivity contribution in [3.8, 4) is 5.75 Å². The van der Waals surface area contributed by atoms with Crippen molar-refractivity contribution in [1.82, 2.24) is 0 Å². The number of nitrogens with zero attached hydrogens (tertiary/aromatic N) is 1. The maximum Gasteiger partial charge on any atom is 0.282 e. The van der Waals surface area contributed by atoms with Crippen molar-refractivity contribution in [1.29, 1.82) is 0 Å². The van der Waals surface area contributed by atoms with E-state index in [-0.39, 0.29) is 17.5 Å². The van der Waals surface area contributed by atoms with Crippen LogP contribution in [0.4, 0.5) is 11.4 Å². The summed E-state index contributed by atoms with van der Waals surface area (Å²) in [5.74, 6) is 0.0268. The molecule has 0 fully saturated rings. The monoisotopic (exact) mass is 454 g/mol. The number of anilines is 2. The van der Waals surface area contributed by atoms with Gasteiger partial charge in [-0.25, -0.2) is 4.90 Å². The normalized spacial score (nSPS) is 13.6. The molecule has 5 nitrogen and oxygen atoms in total. The summed E-state index contributed by atoms with van der Waals surface area (Å²) < 4.78 is 5.68. The van der Waals surface area contributed by atoms with Gasteiger partial charge in [-0.1, -0.05) is 57.2 Å². The van der Waals surface area contributed by atoms with Crippen molar-refractivity contribution in [3.63, 3.8) is 0 Å². The molecule has 174 valence electrons. The fourth-order valence-electron chi connectivity index (χ4n) is 3.93. The molecule has 0 saturated heterocycles. The molecule has 0 aromatic heterocycles. The number of nitrogens with one attached hydrogen (secondary N) is 1. The molecule has 0 atom stereocenters. The Labute approximate surface area is 201 Å². The minimum atomic E-state index is -0.366. The quantitative estimate of drug-likeness (QED) is 0.403. The molecule has 0 spiro atoms. The molecule has 1 aliphatic heterocycles. The van der Waals surface area contributed by atoms with E-state index in [4.69, 9.17) is 4.74 Å². The molecule has 34 heavy (non-hydrogen) atoms. The van der Waals surface area contributed by atoms with Gasteiger partial charge in [0.1, 0.15) is 11.4 Å². The Morgan fingerprint density at radius 3 is 1.88 bits per heavy atom. The van der Waals surface area contributed by atoms with E-state index >= 15 is 0 Å². The van der Waals surface area contributed by atoms with Gasteiger partial charge in [0.2, 0.25) is 0 Å². The van der Waals surface area contributed by atoms with E-state index in [0.29, 0.717) is 23.4 Å². The van der Waals surface area contributed by atoms with Gasteiger partial charge in [-0.2, -0.15) is 0 Å². The lowest BCUT2D eigenvalue weighted by Gasteiger charge is -2.16. The summed E-state index contributed by atoms with van der Waals surface area (Å²) in [5, 5.41) is 3.23. The highest BCUT2D eigenvalue weighted by atomic mass is 16.5. The number of carbonyl (C=O) groups is 2. The largest absolute Gasteiger partial charge is 0.494 e. The average molecular weight is 455 g/mol. The second kappa shape index (κ2) is 10.4. The van der Waals surface area contributed by atoms with E-state index in [1.54, 1.807) is 0 Å². The van der Waals surface area contributed by atoms with Crippen LogP contribution < -0.4 is 15.0 Å². The number of carbonyl (C=O) groups excluding carboxylic acids is 2. The summed E-state index contributed by atoms with van der Waals surface area (Å²) in [6.07, 6.45) is 2.73. The van der Waals surface area contributed by atoms with Crippen molar-refractivity contribution in [3.05, 3.63) is 95.2 Å². The highest BCUT2D eigenvalue weighted by Crippen LogP contribution is 2.34. The number of ether oxygens (including phenoxy) is 1. The molecule has 0 radical (unpaired) electrons. The molecule has 5 heteroatoms. The zero-order valence-corrected chi connectivity index (χ0v) is 19.9. The van der Waals surface area contributed by atoms with E-state index in [0.717, 1.165) is 36.3 Å². The van der Waals surface area contributed by atoms with Crippen molar-refractivity contribution in [2.45, 2.75) is 40.0 Å². The summed E-state index contributed by atoms with van der Waals surface area (Å²) in [6.45, 7) is 6.84. The van der Waals surface area contributed by atoms with E-state index in [1.807, 2.05) is 72.8 Å². The maximum atomic E-state index is 13.6. The van der Waals surface area contributed by atoms with Gasteiger partial charge in [0, 0.05) is 5.69 Å². The highest BCUT2D eigenvalue weighted by molar-refractivity contribution is 6.46. The Kier molecular flexibility index (Phi) is 7.12. The number of aryl methyl sites for hydroxylation is 2. The predicted octanol–water partition coefficient (Wildman–Crippen LogP) is 6.00. The van der Waals surface area contributed by atoms with Crippen LogP contribution >= 0.6 is 0 Å². The van der Waals surface area contributed by atoms with Crippen LogP contribution in [0.3, 0.4) is 0 Å². The molecule has 3 aromatic rings. The Morgan fingerprint density at radius 2 is 1.32 bits per heavy atom. The first-order valence-corrected chi connectivity index (χ1v) is 11.9. The average Bonchev–Trinajstić information content (AvgIpc) is 3.12. The van der Waals surface area contributed by atoms with Crippen LogP contribution in [-0.4, -0.2) is 18.4 Å². The van der Waals surface area contributed by atoms with Gasteiger partial charge >= 0.3 is 0 Å². The minimum absolute atomic E-state index is 0.274. The molecule has 1 aliphatic rings. The second-order valence-corrected chi connectivity index (χ2v) is 8.26. The molecule has 1 heterocycles. The molecule has 0 saturated carbocycles. The molecular formula is C29H30N2O3. The van der Waals surface area contributed by atoms with Gasteiger partial charge < -0.3 is 10.1 Å². The molecule has 0 bridgehead atoms. The topological polar surface area (TPSA) is 58.6 Å². The van der Waals surface area contributed by atoms with Gasteiger partial charge in [-0.15, -0.1) is 0 Å². The smallest absolute Gasteiger partial charge is 0.282 e. The number of amides is 2. The summed E-state index contributed by atoms with van der Waals surface area (Å²) in [4.78, 5) is 28.4. The molecule has 4 rings (SSSR count). The third-order valence-corrected chi connectivity index (χ3v) is 5.93. The molecular weight excluding hydrogens is 424 g/mol. The Hall–Kier alpha value is -3.86. The van der Waals surface area contributed by atoms with Crippen LogP contribution in [0.1, 0.15) is 43.9 Å². The van der Waals surface area contributed by atoms with Crippen LogP contribution in [0.25, 0.3) is 5.57 Å². The number of imide groups is 1. The summed E-state index contributed by atoms with van der Waals surface area (Å²) in [6, 6.07) is 22.8. The van der Waals surface area contributed by atoms with E-state index in [1.165, 1.54) is 10.5 Å². The zero-order valence-electron chi connectivity index (χ0n) is 19.9. The van der Waals surface area contributed by atoms with Crippen molar-refractivity contribution < 1.29 is 14.3 Å². The van der Waals surface area contributed by atoms with Crippen LogP contribution in [-0.2, 0) is 22.4 Å². The van der Waals surface area contributed by atoms with Gasteiger partial charge in [-0.3, -0.25) is 9.59 Å². The number of hydrogen-bond donors (Lipinski definition) is 1. The molecule has 3 aromatic carbocycles. The Balaban J connectivity index is 1.73. The Bertz CT molecular complexity index is 1190. The lowest BCUT2D eigenvalue weighted by atomic mass is 10.0. The zero-order chi connectivity index (χ0) is 24.1. The first-order valence-electron chi connectivity index (χ1n) is 11.9. The Morgan fingerprint density at radius 1 is 0.735 bits per heavy atom. The predicted molar refractivity (Wildman–Crippen MR) is 137 cm³/mol. The van der Waals surface area contributed by atoms with Gasteiger partial charge in [0.15, 0.2) is 0 Å². The summed E-state index contributed by atoms with van der Waals surface area (Å²) in [5.41, 5.74) is 4.97. The van der Waals surface area contributed by atoms with E-state index in [2.05, 4.69) is 26.1 Å². The third-order valence-electron chi connectivity index (χ3n) is 5.93. The third kappa shape index (κ3) is 4.74. The highest BCUT2D eigenvalue weighted by Gasteiger charge is 2.40. The first kappa shape index (κ1) is 23.3. The van der Waals surface area contributed by atoms with E-state index < -0.39 is 0 Å². The SMILES string of the molecule is CCCOc1ccc(C2=C(Nc3ccc(CC)cc3)C(=O)N(c3ccc(CC)cc3)C2=O)cc1. The summed E-state index contributed by atoms with van der Waals surface area (Å²) >= 11 is 0. The van der Waals surface area contributed by atoms with E-state index in [9.17, 15) is 9.59 Å². The van der Waals surface area contributed by atoms with Gasteiger partial charge in [0.05, 0.1) is 17.9 Å². The molecule has 2 amide bonds. The fraction of sp³-hybridized carbons (Fsp3) is 0.241. The maximum absolute atomic E-state index is 13.6. The second-order valence-electron chi connectivity index (χ2n) is 8.26.